The molecule has 3 nitrogen and oxygen atoms in total. The van der Waals surface area contributed by atoms with Gasteiger partial charge in [-0.25, -0.2) is 0 Å². The van der Waals surface area contributed by atoms with Crippen LogP contribution in [0, 0.1) is 3.57 Å². The molecule has 60 valence electrons. The molecule has 0 aromatic carbocycles. The summed E-state index contributed by atoms with van der Waals surface area (Å²) in [6, 6.07) is 1.90. The molecule has 0 fully saturated rings. The number of anilines is 1. The Balaban J connectivity index is 2.90. The second-order valence-corrected chi connectivity index (χ2v) is 3.47. The molecule has 0 radical (unpaired) electrons. The number of nitrogens with two attached hydrogens (primary N) is 2. The third-order valence-electron chi connectivity index (χ3n) is 1.35. The summed E-state index contributed by atoms with van der Waals surface area (Å²) in [5.41, 5.74) is 12.7. The van der Waals surface area contributed by atoms with Gasteiger partial charge in [0.25, 0.3) is 0 Å². The van der Waals surface area contributed by atoms with Crippen LogP contribution in [0.15, 0.2) is 12.3 Å². The molecular weight excluding hydrogens is 253 g/mol. The van der Waals surface area contributed by atoms with Crippen LogP contribution in [0.1, 0.15) is 5.69 Å². The maximum atomic E-state index is 5.68. The van der Waals surface area contributed by atoms with E-state index in [9.17, 15) is 0 Å². The van der Waals surface area contributed by atoms with Crippen molar-refractivity contribution in [2.24, 2.45) is 5.73 Å². The highest BCUT2D eigenvalue weighted by atomic mass is 127. The van der Waals surface area contributed by atoms with Gasteiger partial charge in [0.1, 0.15) is 0 Å². The van der Waals surface area contributed by atoms with Gasteiger partial charge in [0.05, 0.1) is 11.4 Å². The number of nitrogens with zero attached hydrogens (tertiary/aromatic N) is 1. The van der Waals surface area contributed by atoms with Gasteiger partial charge in [0.15, 0.2) is 0 Å². The van der Waals surface area contributed by atoms with E-state index in [1.54, 1.807) is 6.20 Å². The first-order chi connectivity index (χ1) is 5.24. The van der Waals surface area contributed by atoms with Gasteiger partial charge in [-0.05, 0) is 35.2 Å². The molecule has 0 amide bonds. The predicted octanol–water partition coefficient (Wildman–Crippen LogP) is 0.770. The highest BCUT2D eigenvalue weighted by Crippen LogP contribution is 2.12. The maximum absolute atomic E-state index is 5.68. The van der Waals surface area contributed by atoms with Crippen LogP contribution in [-0.2, 0) is 6.42 Å². The Morgan fingerprint density at radius 3 is 2.82 bits per heavy atom. The summed E-state index contributed by atoms with van der Waals surface area (Å²) in [4.78, 5) is 4.16. The topological polar surface area (TPSA) is 64.9 Å². The zero-order valence-electron chi connectivity index (χ0n) is 6.05. The number of nitrogen functional groups attached to an aromatic ring is 1. The highest BCUT2D eigenvalue weighted by Gasteiger charge is 1.98. The van der Waals surface area contributed by atoms with E-state index in [4.69, 9.17) is 11.5 Å². The fourth-order valence-corrected chi connectivity index (χ4v) is 1.30. The van der Waals surface area contributed by atoms with Crippen molar-refractivity contribution < 1.29 is 0 Å². The van der Waals surface area contributed by atoms with Crippen molar-refractivity contribution in [2.75, 3.05) is 12.3 Å². The number of pyridine rings is 1. The second kappa shape index (κ2) is 3.87. The summed E-state index contributed by atoms with van der Waals surface area (Å²) in [5, 5.41) is 0. The molecule has 1 aromatic rings. The lowest BCUT2D eigenvalue weighted by molar-refractivity contribution is 0.925. The highest BCUT2D eigenvalue weighted by molar-refractivity contribution is 14.1. The van der Waals surface area contributed by atoms with E-state index >= 15 is 0 Å². The minimum Gasteiger partial charge on any atom is -0.397 e. The molecule has 4 N–H and O–H groups in total. The fourth-order valence-electron chi connectivity index (χ4n) is 0.829. The largest absolute Gasteiger partial charge is 0.397 e. The first kappa shape index (κ1) is 8.73. The van der Waals surface area contributed by atoms with Gasteiger partial charge in [0, 0.05) is 16.2 Å². The summed E-state index contributed by atoms with van der Waals surface area (Å²) >= 11 is 2.18. The Labute approximate surface area is 79.3 Å². The molecule has 0 aliphatic carbocycles. The van der Waals surface area contributed by atoms with Gasteiger partial charge in [0.2, 0.25) is 0 Å². The van der Waals surface area contributed by atoms with Gasteiger partial charge in [-0.2, -0.15) is 0 Å². The standard InChI is InChI=1S/C7H10IN3/c8-5-3-6(10)7(1-2-9)11-4-5/h3-4H,1-2,9-10H2. The number of halogens is 1. The van der Waals surface area contributed by atoms with Crippen LogP contribution >= 0.6 is 22.6 Å². The molecule has 0 aliphatic rings. The van der Waals surface area contributed by atoms with E-state index in [0.717, 1.165) is 21.4 Å². The average molecular weight is 263 g/mol. The second-order valence-electron chi connectivity index (χ2n) is 2.23. The molecule has 1 rings (SSSR count). The molecule has 0 aliphatic heterocycles. The SMILES string of the molecule is NCCc1ncc(I)cc1N. The lowest BCUT2D eigenvalue weighted by Gasteiger charge is -2.01. The monoisotopic (exact) mass is 263 g/mol. The van der Waals surface area contributed by atoms with Gasteiger partial charge in [-0.3, -0.25) is 4.98 Å². The van der Waals surface area contributed by atoms with E-state index in [1.807, 2.05) is 6.07 Å². The number of rotatable bonds is 2. The van der Waals surface area contributed by atoms with E-state index < -0.39 is 0 Å². The van der Waals surface area contributed by atoms with Crippen molar-refractivity contribution in [3.05, 3.63) is 21.5 Å². The number of hydrogen-bond donors (Lipinski definition) is 2. The summed E-state index contributed by atoms with van der Waals surface area (Å²) in [5.74, 6) is 0. The van der Waals surface area contributed by atoms with Gasteiger partial charge in [-0.15, -0.1) is 0 Å². The third-order valence-corrected chi connectivity index (χ3v) is 1.94. The van der Waals surface area contributed by atoms with Crippen LogP contribution in [0.25, 0.3) is 0 Å². The van der Waals surface area contributed by atoms with Crippen LogP contribution in [0.2, 0.25) is 0 Å². The van der Waals surface area contributed by atoms with E-state index in [0.29, 0.717) is 6.54 Å². The van der Waals surface area contributed by atoms with Crippen molar-refractivity contribution in [3.8, 4) is 0 Å². The van der Waals surface area contributed by atoms with Crippen LogP contribution in [-0.4, -0.2) is 11.5 Å². The van der Waals surface area contributed by atoms with Crippen molar-refractivity contribution >= 4 is 28.3 Å². The van der Waals surface area contributed by atoms with E-state index in [2.05, 4.69) is 27.6 Å². The van der Waals surface area contributed by atoms with Gasteiger partial charge >= 0.3 is 0 Å². The molecule has 11 heavy (non-hydrogen) atoms. The summed E-state index contributed by atoms with van der Waals surface area (Å²) in [7, 11) is 0. The Hall–Kier alpha value is -0.360. The first-order valence-electron chi connectivity index (χ1n) is 3.34. The Morgan fingerprint density at radius 1 is 1.55 bits per heavy atom. The van der Waals surface area contributed by atoms with Crippen LogP contribution in [0.3, 0.4) is 0 Å². The normalized spacial score (nSPS) is 10.0. The molecule has 4 heteroatoms. The molecule has 0 atom stereocenters. The van der Waals surface area contributed by atoms with Gasteiger partial charge in [-0.1, -0.05) is 0 Å². The van der Waals surface area contributed by atoms with Crippen molar-refractivity contribution in [1.82, 2.24) is 4.98 Å². The Kier molecular flexibility index (Phi) is 3.07. The third kappa shape index (κ3) is 2.30. The zero-order chi connectivity index (χ0) is 8.27. The minimum absolute atomic E-state index is 0.595. The molecule has 0 unspecified atom stereocenters. The number of aromatic nitrogens is 1. The van der Waals surface area contributed by atoms with E-state index in [1.165, 1.54) is 0 Å². The van der Waals surface area contributed by atoms with Crippen molar-refractivity contribution in [3.63, 3.8) is 0 Å². The Morgan fingerprint density at radius 2 is 2.27 bits per heavy atom. The van der Waals surface area contributed by atoms with Crippen LogP contribution in [0.4, 0.5) is 5.69 Å². The zero-order valence-corrected chi connectivity index (χ0v) is 8.21. The van der Waals surface area contributed by atoms with Crippen molar-refractivity contribution in [2.45, 2.75) is 6.42 Å². The Bertz CT molecular complexity index is 249. The van der Waals surface area contributed by atoms with Gasteiger partial charge < -0.3 is 11.5 Å². The molecule has 0 saturated carbocycles. The molecule has 1 heterocycles. The molecule has 0 bridgehead atoms. The molecule has 0 spiro atoms. The lowest BCUT2D eigenvalue weighted by Crippen LogP contribution is -2.07. The smallest absolute Gasteiger partial charge is 0.0645 e. The average Bonchev–Trinajstić information content (AvgIpc) is 1.95. The van der Waals surface area contributed by atoms with E-state index in [-0.39, 0.29) is 0 Å². The molecule has 0 saturated heterocycles. The van der Waals surface area contributed by atoms with Crippen molar-refractivity contribution in [1.29, 1.82) is 0 Å². The quantitative estimate of drug-likeness (QED) is 0.774. The number of hydrogen-bond acceptors (Lipinski definition) is 3. The van der Waals surface area contributed by atoms with Crippen LogP contribution in [0.5, 0.6) is 0 Å². The fraction of sp³-hybridized carbons (Fsp3) is 0.286. The minimum atomic E-state index is 0.595. The predicted molar refractivity (Wildman–Crippen MR) is 54.1 cm³/mol. The lowest BCUT2D eigenvalue weighted by atomic mass is 10.2. The molecule has 1 aromatic heterocycles. The summed E-state index contributed by atoms with van der Waals surface area (Å²) < 4.78 is 1.06. The summed E-state index contributed by atoms with van der Waals surface area (Å²) in [6.45, 7) is 0.595. The summed E-state index contributed by atoms with van der Waals surface area (Å²) in [6.07, 6.45) is 2.55. The van der Waals surface area contributed by atoms with Crippen LogP contribution < -0.4 is 11.5 Å². The molecular formula is C7H10IN3. The maximum Gasteiger partial charge on any atom is 0.0645 e. The first-order valence-corrected chi connectivity index (χ1v) is 4.42.